The Kier molecular flexibility index (Phi) is 13.9. The van der Waals surface area contributed by atoms with Gasteiger partial charge in [0.1, 0.15) is 30.5 Å². The van der Waals surface area contributed by atoms with Gasteiger partial charge in [0.25, 0.3) is 0 Å². The smallest absolute Gasteiger partial charge is 0.187 e. The lowest BCUT2D eigenvalue weighted by molar-refractivity contribution is -0.307. The zero-order chi connectivity index (χ0) is 32.2. The fourth-order valence-electron chi connectivity index (χ4n) is 5.43. The minimum atomic E-state index is -1.57. The van der Waals surface area contributed by atoms with E-state index < -0.39 is 43.6 Å². The van der Waals surface area contributed by atoms with Crippen LogP contribution in [-0.4, -0.2) is 87.4 Å². The van der Waals surface area contributed by atoms with E-state index in [0.717, 1.165) is 23.1 Å². The second-order valence-corrected chi connectivity index (χ2v) is 11.3. The lowest BCUT2D eigenvalue weighted by atomic mass is 9.89. The molecule has 5 rings (SSSR count). The molecular weight excluding hydrogens is 580 g/mol. The van der Waals surface area contributed by atoms with Crippen molar-refractivity contribution in [2.45, 2.75) is 95.4 Å². The van der Waals surface area contributed by atoms with Crippen LogP contribution in [-0.2, 0) is 43.5 Å². The molecule has 3 aromatic rings. The van der Waals surface area contributed by atoms with E-state index in [0.29, 0.717) is 19.8 Å². The monoisotopic (exact) mass is 626 g/mol. The average molecular weight is 627 g/mol. The second-order valence-electron chi connectivity index (χ2n) is 11.3. The fourth-order valence-corrected chi connectivity index (χ4v) is 5.43. The van der Waals surface area contributed by atoms with Crippen molar-refractivity contribution in [2.24, 2.45) is 5.92 Å². The first-order valence-electron chi connectivity index (χ1n) is 15.4. The van der Waals surface area contributed by atoms with E-state index in [9.17, 15) is 0 Å². The van der Waals surface area contributed by atoms with E-state index in [4.69, 9.17) is 44.5 Å². The number of aliphatic hydroxyl groups excluding tert-OH is 5. The van der Waals surface area contributed by atoms with Crippen molar-refractivity contribution < 1.29 is 49.2 Å². The Balaban J connectivity index is 0.000000323. The maximum atomic E-state index is 9.12. The van der Waals surface area contributed by atoms with Gasteiger partial charge in [0, 0.05) is 5.92 Å². The molecule has 0 bridgehead atoms. The Labute approximate surface area is 264 Å². The molecule has 10 atom stereocenters. The zero-order valence-corrected chi connectivity index (χ0v) is 25.7. The Morgan fingerprint density at radius 3 is 1.51 bits per heavy atom. The molecule has 2 aliphatic heterocycles. The highest BCUT2D eigenvalue weighted by Crippen LogP contribution is 2.34. The van der Waals surface area contributed by atoms with Crippen molar-refractivity contribution in [1.82, 2.24) is 0 Å². The van der Waals surface area contributed by atoms with Gasteiger partial charge in [-0.3, -0.25) is 0 Å². The van der Waals surface area contributed by atoms with Crippen LogP contribution >= 0.6 is 0 Å². The third-order valence-electron chi connectivity index (χ3n) is 8.10. The number of ether oxygens (including phenoxy) is 5. The lowest BCUT2D eigenvalue weighted by Gasteiger charge is -2.45. The summed E-state index contributed by atoms with van der Waals surface area (Å²) >= 11 is 0. The predicted octanol–water partition coefficient (Wildman–Crippen LogP) is 2.92. The Bertz CT molecular complexity index is 1210. The molecule has 2 aliphatic rings. The van der Waals surface area contributed by atoms with Gasteiger partial charge in [-0.25, -0.2) is 0 Å². The largest absolute Gasteiger partial charge is 0.394 e. The van der Waals surface area contributed by atoms with Gasteiger partial charge in [-0.05, 0) is 23.1 Å². The van der Waals surface area contributed by atoms with E-state index in [1.807, 2.05) is 54.6 Å². The Morgan fingerprint density at radius 1 is 0.578 bits per heavy atom. The highest BCUT2D eigenvalue weighted by molar-refractivity contribution is 5.15. The average Bonchev–Trinajstić information content (AvgIpc) is 3.08. The molecular formula is C35H46O10. The van der Waals surface area contributed by atoms with Gasteiger partial charge in [0.2, 0.25) is 0 Å². The number of aliphatic hydroxyl groups is 5. The van der Waals surface area contributed by atoms with Gasteiger partial charge in [-0.15, -0.1) is 0 Å². The summed E-state index contributed by atoms with van der Waals surface area (Å²) < 4.78 is 30.3. The molecule has 246 valence electrons. The van der Waals surface area contributed by atoms with E-state index in [1.165, 1.54) is 0 Å². The predicted molar refractivity (Wildman–Crippen MR) is 165 cm³/mol. The maximum Gasteiger partial charge on any atom is 0.187 e. The van der Waals surface area contributed by atoms with Crippen LogP contribution in [0.1, 0.15) is 37.0 Å². The quantitative estimate of drug-likeness (QED) is 0.215. The molecule has 10 nitrogen and oxygen atoms in total. The molecule has 3 aromatic carbocycles. The minimum Gasteiger partial charge on any atom is -0.394 e. The van der Waals surface area contributed by atoms with Crippen LogP contribution in [0.3, 0.4) is 0 Å². The van der Waals surface area contributed by atoms with Crippen LogP contribution in [0.4, 0.5) is 0 Å². The van der Waals surface area contributed by atoms with Crippen molar-refractivity contribution in [3.63, 3.8) is 0 Å². The molecule has 0 aromatic heterocycles. The molecule has 0 saturated carbocycles. The molecule has 0 spiro atoms. The first-order valence-corrected chi connectivity index (χ1v) is 15.4. The molecule has 45 heavy (non-hydrogen) atoms. The number of hydrogen-bond acceptors (Lipinski definition) is 10. The summed E-state index contributed by atoms with van der Waals surface area (Å²) in [6.07, 6.45) is -7.09. The van der Waals surface area contributed by atoms with Crippen molar-refractivity contribution in [2.75, 3.05) is 6.61 Å². The van der Waals surface area contributed by atoms with Crippen molar-refractivity contribution in [3.8, 4) is 0 Å². The van der Waals surface area contributed by atoms with Crippen molar-refractivity contribution in [3.05, 3.63) is 108 Å². The molecule has 2 fully saturated rings. The molecule has 0 aliphatic carbocycles. The van der Waals surface area contributed by atoms with Crippen LogP contribution in [0.25, 0.3) is 0 Å². The fraction of sp³-hybridized carbons (Fsp3) is 0.486. The third-order valence-corrected chi connectivity index (χ3v) is 8.10. The van der Waals surface area contributed by atoms with Crippen LogP contribution in [0, 0.1) is 5.92 Å². The summed E-state index contributed by atoms with van der Waals surface area (Å²) in [5.41, 5.74) is 3.37. The standard InChI is InChI=1S/C29H34O4.C6H12O6/c1-3-26-22(2)27(30-19-23-13-7-4-8-14-23)28(31-20-24-15-9-5-10-16-24)29(33-26)32-21-25-17-11-6-12-18-25;7-1-2-3(8)4(9)5(10)6(11)12-2/h4-18,22,26-29H,3,19-21H2,1-2H3;2-11H,1H2/t22-,26-,27+,28-,29+;2-,3-,4+,5-,6+/m11/s1. The summed E-state index contributed by atoms with van der Waals surface area (Å²) in [4.78, 5) is 0. The topological polar surface area (TPSA) is 147 Å². The highest BCUT2D eigenvalue weighted by Gasteiger charge is 2.45. The first-order chi connectivity index (χ1) is 21.8. The normalized spacial score (nSPS) is 31.5. The number of hydrogen-bond donors (Lipinski definition) is 5. The third kappa shape index (κ3) is 9.87. The van der Waals surface area contributed by atoms with Crippen molar-refractivity contribution >= 4 is 0 Å². The molecule has 2 heterocycles. The van der Waals surface area contributed by atoms with Gasteiger partial charge in [-0.2, -0.15) is 0 Å². The van der Waals surface area contributed by atoms with Crippen LogP contribution in [0.15, 0.2) is 91.0 Å². The molecule has 0 unspecified atom stereocenters. The second kappa shape index (κ2) is 17.8. The molecule has 5 N–H and O–H groups in total. The van der Waals surface area contributed by atoms with E-state index in [2.05, 4.69) is 55.0 Å². The highest BCUT2D eigenvalue weighted by atomic mass is 16.7. The van der Waals surface area contributed by atoms with Crippen molar-refractivity contribution in [1.29, 1.82) is 0 Å². The summed E-state index contributed by atoms with van der Waals surface area (Å²) in [6, 6.07) is 30.7. The van der Waals surface area contributed by atoms with Gasteiger partial charge < -0.3 is 49.2 Å². The van der Waals surface area contributed by atoms with E-state index >= 15 is 0 Å². The lowest BCUT2D eigenvalue weighted by Crippen LogP contribution is -2.58. The number of rotatable bonds is 11. The summed E-state index contributed by atoms with van der Waals surface area (Å²) in [7, 11) is 0. The first kappa shape index (κ1) is 35.1. The van der Waals surface area contributed by atoms with Gasteiger partial charge >= 0.3 is 0 Å². The molecule has 0 amide bonds. The minimum absolute atomic E-state index is 0.0446. The molecule has 2 saturated heterocycles. The van der Waals surface area contributed by atoms with Crippen LogP contribution in [0.2, 0.25) is 0 Å². The van der Waals surface area contributed by atoms with E-state index in [1.54, 1.807) is 0 Å². The number of benzene rings is 3. The van der Waals surface area contributed by atoms with Crippen LogP contribution in [0.5, 0.6) is 0 Å². The zero-order valence-electron chi connectivity index (χ0n) is 25.7. The van der Waals surface area contributed by atoms with Gasteiger partial charge in [0.05, 0.1) is 38.6 Å². The molecule has 10 heteroatoms. The SMILES string of the molecule is CC[C@H]1O[C@H](OCc2ccccc2)[C@H](OCc2ccccc2)[C@@H](OCc2ccccc2)[C@@H]1C.OC[C@H]1O[C@H](O)[C@H](O)[C@@H](O)[C@@H]1O. The van der Waals surface area contributed by atoms with E-state index in [-0.39, 0.29) is 24.2 Å². The summed E-state index contributed by atoms with van der Waals surface area (Å²) in [5.74, 6) is 0.177. The summed E-state index contributed by atoms with van der Waals surface area (Å²) in [5, 5.41) is 44.7. The summed E-state index contributed by atoms with van der Waals surface area (Å²) in [6.45, 7) is 5.29. The Morgan fingerprint density at radius 2 is 1.04 bits per heavy atom. The Hall–Kier alpha value is -2.74. The maximum absolute atomic E-state index is 9.12. The van der Waals surface area contributed by atoms with Gasteiger partial charge in [0.15, 0.2) is 12.6 Å². The molecule has 0 radical (unpaired) electrons. The van der Waals surface area contributed by atoms with Crippen LogP contribution < -0.4 is 0 Å². The van der Waals surface area contributed by atoms with Gasteiger partial charge in [-0.1, -0.05) is 105 Å².